The average Bonchev–Trinajstić information content (AvgIpc) is 2.45. The van der Waals surface area contributed by atoms with Crippen LogP contribution in [0.1, 0.15) is 22.0 Å². The largest absolute Gasteiger partial charge is 0.479 e. The maximum Gasteiger partial charge on any atom is 0.330 e. The molecule has 2 aromatic rings. The Morgan fingerprint density at radius 3 is 2.52 bits per heavy atom. The van der Waals surface area contributed by atoms with Gasteiger partial charge in [0, 0.05) is 16.8 Å². The highest BCUT2D eigenvalue weighted by Gasteiger charge is 2.25. The van der Waals surface area contributed by atoms with E-state index in [1.54, 1.807) is 12.1 Å². The molecule has 0 spiro atoms. The van der Waals surface area contributed by atoms with Crippen LogP contribution in [0.2, 0.25) is 5.02 Å². The first-order chi connectivity index (χ1) is 10.0. The van der Waals surface area contributed by atoms with Crippen molar-refractivity contribution in [3.05, 3.63) is 69.1 Å². The van der Waals surface area contributed by atoms with Gasteiger partial charge in [0.15, 0.2) is 6.04 Å². The lowest BCUT2D eigenvalue weighted by molar-refractivity contribution is -0.139. The fourth-order valence-corrected chi connectivity index (χ4v) is 2.04. The molecule has 0 fully saturated rings. The second kappa shape index (κ2) is 6.23. The molecule has 0 radical (unpaired) electrons. The molecule has 0 saturated heterocycles. The van der Waals surface area contributed by atoms with Crippen molar-refractivity contribution >= 4 is 23.5 Å². The molecule has 0 bridgehead atoms. The Kier molecular flexibility index (Phi) is 4.39. The van der Waals surface area contributed by atoms with Gasteiger partial charge in [0.05, 0.1) is 0 Å². The molecule has 0 aliphatic rings. The van der Waals surface area contributed by atoms with Gasteiger partial charge in [-0.25, -0.2) is 4.79 Å². The molecular formula is C14H11ClN2O4. The number of halogens is 1. The molecule has 1 aromatic heterocycles. The first-order valence-corrected chi connectivity index (χ1v) is 6.34. The van der Waals surface area contributed by atoms with Gasteiger partial charge in [0.2, 0.25) is 0 Å². The third kappa shape index (κ3) is 3.29. The molecule has 6 nitrogen and oxygen atoms in total. The topological polar surface area (TPSA) is 99.3 Å². The van der Waals surface area contributed by atoms with Crippen LogP contribution >= 0.6 is 11.6 Å². The van der Waals surface area contributed by atoms with Gasteiger partial charge in [-0.3, -0.25) is 9.59 Å². The number of carbonyl (C=O) groups is 2. The quantitative estimate of drug-likeness (QED) is 0.798. The van der Waals surface area contributed by atoms with Crippen molar-refractivity contribution in [3.8, 4) is 0 Å². The minimum atomic E-state index is -1.34. The SMILES string of the molecule is O=C(N[C@@H](C(=O)O)c1ccccc1Cl)c1ccc[nH]c1=O. The molecule has 1 amide bonds. The van der Waals surface area contributed by atoms with Crippen LogP contribution in [0, 0.1) is 0 Å². The van der Waals surface area contributed by atoms with Crippen molar-refractivity contribution in [2.24, 2.45) is 0 Å². The van der Waals surface area contributed by atoms with Crippen molar-refractivity contribution in [3.63, 3.8) is 0 Å². The third-order valence-corrected chi connectivity index (χ3v) is 3.15. The van der Waals surface area contributed by atoms with Gasteiger partial charge in [-0.15, -0.1) is 0 Å². The van der Waals surface area contributed by atoms with E-state index in [4.69, 9.17) is 11.6 Å². The summed E-state index contributed by atoms with van der Waals surface area (Å²) in [6.45, 7) is 0. The summed E-state index contributed by atoms with van der Waals surface area (Å²) in [6.07, 6.45) is 1.38. The molecule has 1 heterocycles. The fourth-order valence-electron chi connectivity index (χ4n) is 1.79. The second-order valence-electron chi connectivity index (χ2n) is 4.18. The van der Waals surface area contributed by atoms with Gasteiger partial charge in [-0.1, -0.05) is 29.8 Å². The van der Waals surface area contributed by atoms with E-state index in [9.17, 15) is 19.5 Å². The van der Waals surface area contributed by atoms with Gasteiger partial charge in [-0.2, -0.15) is 0 Å². The highest BCUT2D eigenvalue weighted by molar-refractivity contribution is 6.31. The van der Waals surface area contributed by atoms with Crippen LogP contribution in [-0.4, -0.2) is 22.0 Å². The Labute approximate surface area is 124 Å². The van der Waals surface area contributed by atoms with Gasteiger partial charge in [0.1, 0.15) is 5.56 Å². The molecule has 21 heavy (non-hydrogen) atoms. The van der Waals surface area contributed by atoms with E-state index < -0.39 is 23.5 Å². The number of aliphatic carboxylic acids is 1. The van der Waals surface area contributed by atoms with E-state index in [0.29, 0.717) is 0 Å². The minimum absolute atomic E-state index is 0.171. The van der Waals surface area contributed by atoms with Crippen LogP contribution in [0.25, 0.3) is 0 Å². The average molecular weight is 307 g/mol. The summed E-state index contributed by atoms with van der Waals surface area (Å²) in [6, 6.07) is 7.71. The number of benzene rings is 1. The summed E-state index contributed by atoms with van der Waals surface area (Å²) < 4.78 is 0. The lowest BCUT2D eigenvalue weighted by atomic mass is 10.1. The van der Waals surface area contributed by atoms with Gasteiger partial charge < -0.3 is 15.4 Å². The number of carbonyl (C=O) groups excluding carboxylic acids is 1. The summed E-state index contributed by atoms with van der Waals surface area (Å²) >= 11 is 5.94. The number of nitrogens with one attached hydrogen (secondary N) is 2. The first kappa shape index (κ1) is 14.8. The molecule has 1 aromatic carbocycles. The van der Waals surface area contributed by atoms with Crippen molar-refractivity contribution in [1.82, 2.24) is 10.3 Å². The molecule has 0 aliphatic carbocycles. The van der Waals surface area contributed by atoms with Crippen LogP contribution in [0.3, 0.4) is 0 Å². The van der Waals surface area contributed by atoms with Crippen molar-refractivity contribution in [1.29, 1.82) is 0 Å². The lowest BCUT2D eigenvalue weighted by Gasteiger charge is -2.15. The monoisotopic (exact) mass is 306 g/mol. The molecule has 108 valence electrons. The van der Waals surface area contributed by atoms with E-state index >= 15 is 0 Å². The number of hydrogen-bond acceptors (Lipinski definition) is 3. The van der Waals surface area contributed by atoms with Crippen LogP contribution in [-0.2, 0) is 4.79 Å². The Hall–Kier alpha value is -2.60. The maximum absolute atomic E-state index is 12.0. The summed E-state index contributed by atoms with van der Waals surface area (Å²) in [5.41, 5.74) is -0.526. The molecule has 0 saturated carbocycles. The number of carboxylic acids is 1. The predicted molar refractivity (Wildman–Crippen MR) is 76.4 cm³/mol. The Bertz CT molecular complexity index is 742. The van der Waals surface area contributed by atoms with Gasteiger partial charge in [-0.05, 0) is 18.2 Å². The summed E-state index contributed by atoms with van der Waals surface area (Å²) in [7, 11) is 0. The van der Waals surface area contributed by atoms with Crippen LogP contribution in [0.4, 0.5) is 0 Å². The summed E-state index contributed by atoms with van der Waals surface area (Å²) in [4.78, 5) is 37.2. The molecule has 1 atom stereocenters. The summed E-state index contributed by atoms with van der Waals surface area (Å²) in [5.74, 6) is -2.06. The lowest BCUT2D eigenvalue weighted by Crippen LogP contribution is -2.36. The number of aromatic amines is 1. The first-order valence-electron chi connectivity index (χ1n) is 5.96. The van der Waals surface area contributed by atoms with Crippen molar-refractivity contribution in [2.45, 2.75) is 6.04 Å². The molecule has 0 unspecified atom stereocenters. The van der Waals surface area contributed by atoms with Gasteiger partial charge >= 0.3 is 5.97 Å². The normalized spacial score (nSPS) is 11.7. The number of pyridine rings is 1. The highest BCUT2D eigenvalue weighted by atomic mass is 35.5. The number of H-pyrrole nitrogens is 1. The highest BCUT2D eigenvalue weighted by Crippen LogP contribution is 2.23. The number of aromatic nitrogens is 1. The zero-order valence-electron chi connectivity index (χ0n) is 10.7. The zero-order valence-corrected chi connectivity index (χ0v) is 11.4. The minimum Gasteiger partial charge on any atom is -0.479 e. The molecule has 3 N–H and O–H groups in total. The second-order valence-corrected chi connectivity index (χ2v) is 4.59. The number of hydrogen-bond donors (Lipinski definition) is 3. The Balaban J connectivity index is 2.32. The van der Waals surface area contributed by atoms with E-state index in [1.807, 2.05) is 0 Å². The van der Waals surface area contributed by atoms with Crippen molar-refractivity contribution < 1.29 is 14.7 Å². The zero-order chi connectivity index (χ0) is 15.4. The van der Waals surface area contributed by atoms with E-state index in [2.05, 4.69) is 10.3 Å². The van der Waals surface area contributed by atoms with Gasteiger partial charge in [0.25, 0.3) is 11.5 Å². The predicted octanol–water partition coefficient (Wildman–Crippen LogP) is 1.58. The molecule has 7 heteroatoms. The van der Waals surface area contributed by atoms with Crippen molar-refractivity contribution in [2.75, 3.05) is 0 Å². The molecule has 0 aliphatic heterocycles. The van der Waals surface area contributed by atoms with Crippen LogP contribution < -0.4 is 10.9 Å². The number of carboxylic acid groups (broad SMARTS) is 1. The molecular weight excluding hydrogens is 296 g/mol. The van der Waals surface area contributed by atoms with Crippen LogP contribution in [0.5, 0.6) is 0 Å². The van der Waals surface area contributed by atoms with E-state index in [1.165, 1.54) is 30.5 Å². The Morgan fingerprint density at radius 2 is 1.90 bits per heavy atom. The summed E-state index contributed by atoms with van der Waals surface area (Å²) in [5, 5.41) is 11.8. The molecule has 2 rings (SSSR count). The number of amides is 1. The standard InChI is InChI=1S/C14H11ClN2O4/c15-10-6-2-1-4-8(10)11(14(20)21)17-13(19)9-5-3-7-16-12(9)18/h1-7,11H,(H,16,18)(H,17,19)(H,20,21)/t11-/m1/s1. The number of rotatable bonds is 4. The maximum atomic E-state index is 12.0. The smallest absolute Gasteiger partial charge is 0.330 e. The van der Waals surface area contributed by atoms with Crippen LogP contribution in [0.15, 0.2) is 47.4 Å². The Morgan fingerprint density at radius 1 is 1.19 bits per heavy atom. The van der Waals surface area contributed by atoms with E-state index in [-0.39, 0.29) is 16.1 Å². The van der Waals surface area contributed by atoms with E-state index in [0.717, 1.165) is 0 Å². The fraction of sp³-hybridized carbons (Fsp3) is 0.0714. The third-order valence-electron chi connectivity index (χ3n) is 2.80.